The number of rotatable bonds is 6. The van der Waals surface area contributed by atoms with E-state index in [1.54, 1.807) is 0 Å². The van der Waals surface area contributed by atoms with Gasteiger partial charge in [-0.25, -0.2) is 0 Å². The standard InChI is InChI=1S/C59H40N2/c1-39-29-36-53-54(37-39)59(52-22-8-7-21-51(52)58(53)42-31-30-40-15-5-6-16-41(40)38-42)50-25-13-24-47-46(50)23-14-28-55(47)60(43-17-3-2-4-18-43)44-32-34-45(35-33-44)61-56-26-11-9-19-48(56)49-20-10-12-27-57(49)61/h2-38H,1H3. The number of aromatic nitrogens is 1. The molecule has 0 N–H and O–H groups in total. The van der Waals surface area contributed by atoms with Crippen LogP contribution in [0, 0.1) is 6.92 Å². The van der Waals surface area contributed by atoms with Crippen LogP contribution in [0.15, 0.2) is 224 Å². The zero-order valence-corrected chi connectivity index (χ0v) is 33.8. The summed E-state index contributed by atoms with van der Waals surface area (Å²) in [5, 5.41) is 12.5. The molecule has 0 atom stereocenters. The number of hydrogen-bond acceptors (Lipinski definition) is 1. The van der Waals surface area contributed by atoms with Gasteiger partial charge in [0.2, 0.25) is 0 Å². The van der Waals surface area contributed by atoms with Gasteiger partial charge in [-0.1, -0.05) is 169 Å². The van der Waals surface area contributed by atoms with E-state index in [0.29, 0.717) is 0 Å². The van der Waals surface area contributed by atoms with Crippen molar-refractivity contribution in [1.29, 1.82) is 0 Å². The van der Waals surface area contributed by atoms with Gasteiger partial charge in [0.15, 0.2) is 0 Å². The zero-order chi connectivity index (χ0) is 40.4. The third-order valence-electron chi connectivity index (χ3n) is 12.6. The average molecular weight is 777 g/mol. The number of fused-ring (bicyclic) bond motifs is 7. The number of para-hydroxylation sites is 3. The molecule has 2 nitrogen and oxygen atoms in total. The van der Waals surface area contributed by atoms with Gasteiger partial charge in [0.25, 0.3) is 0 Å². The van der Waals surface area contributed by atoms with Crippen molar-refractivity contribution in [1.82, 2.24) is 4.57 Å². The van der Waals surface area contributed by atoms with Crippen molar-refractivity contribution in [3.05, 3.63) is 230 Å². The maximum atomic E-state index is 2.41. The van der Waals surface area contributed by atoms with Crippen LogP contribution in [0.2, 0.25) is 0 Å². The highest BCUT2D eigenvalue weighted by atomic mass is 15.1. The van der Waals surface area contributed by atoms with E-state index in [1.807, 2.05) is 0 Å². The fourth-order valence-electron chi connectivity index (χ4n) is 9.90. The van der Waals surface area contributed by atoms with Gasteiger partial charge in [0, 0.05) is 33.2 Å². The minimum absolute atomic E-state index is 1.10. The fourth-order valence-corrected chi connectivity index (χ4v) is 9.90. The number of nitrogens with zero attached hydrogens (tertiary/aromatic N) is 2. The maximum Gasteiger partial charge on any atom is 0.0541 e. The lowest BCUT2D eigenvalue weighted by molar-refractivity contribution is 1.17. The van der Waals surface area contributed by atoms with E-state index >= 15 is 0 Å². The molecule has 0 aliphatic rings. The maximum absolute atomic E-state index is 2.41. The molecule has 0 aliphatic carbocycles. The zero-order valence-electron chi connectivity index (χ0n) is 33.8. The van der Waals surface area contributed by atoms with Gasteiger partial charge in [-0.15, -0.1) is 0 Å². The van der Waals surface area contributed by atoms with Crippen molar-refractivity contribution in [3.63, 3.8) is 0 Å². The molecule has 2 heteroatoms. The first-order valence-electron chi connectivity index (χ1n) is 21.1. The number of anilines is 3. The molecule has 1 aromatic heterocycles. The Kier molecular flexibility index (Phi) is 8.11. The summed E-state index contributed by atoms with van der Waals surface area (Å²) in [6.07, 6.45) is 0. The van der Waals surface area contributed by atoms with E-state index in [-0.39, 0.29) is 0 Å². The van der Waals surface area contributed by atoms with Crippen molar-refractivity contribution in [2.24, 2.45) is 0 Å². The lowest BCUT2D eigenvalue weighted by Gasteiger charge is -2.27. The fraction of sp³-hybridized carbons (Fsp3) is 0.0169. The molecular formula is C59H40N2. The molecule has 12 aromatic rings. The van der Waals surface area contributed by atoms with Gasteiger partial charge in [0.1, 0.15) is 0 Å². The predicted molar refractivity (Wildman–Crippen MR) is 261 cm³/mol. The summed E-state index contributed by atoms with van der Waals surface area (Å²) in [7, 11) is 0. The number of aryl methyl sites for hydroxylation is 1. The molecule has 0 radical (unpaired) electrons. The Hall–Kier alpha value is -7.94. The van der Waals surface area contributed by atoms with Crippen LogP contribution in [0.25, 0.3) is 92.8 Å². The molecule has 0 saturated heterocycles. The van der Waals surface area contributed by atoms with Gasteiger partial charge >= 0.3 is 0 Å². The van der Waals surface area contributed by atoms with Crippen LogP contribution in [0.5, 0.6) is 0 Å². The van der Waals surface area contributed by atoms with E-state index < -0.39 is 0 Å². The lowest BCUT2D eigenvalue weighted by atomic mass is 9.84. The molecule has 12 rings (SSSR count). The Morgan fingerprint density at radius 1 is 0.344 bits per heavy atom. The molecule has 61 heavy (non-hydrogen) atoms. The smallest absolute Gasteiger partial charge is 0.0541 e. The molecule has 1 heterocycles. The van der Waals surface area contributed by atoms with Gasteiger partial charge in [-0.05, 0) is 128 Å². The van der Waals surface area contributed by atoms with E-state index in [0.717, 1.165) is 22.7 Å². The van der Waals surface area contributed by atoms with Crippen LogP contribution in [0.4, 0.5) is 17.1 Å². The van der Waals surface area contributed by atoms with Gasteiger partial charge in [-0.3, -0.25) is 0 Å². The van der Waals surface area contributed by atoms with E-state index in [2.05, 4.69) is 241 Å². The molecule has 286 valence electrons. The molecule has 0 saturated carbocycles. The van der Waals surface area contributed by atoms with Crippen molar-refractivity contribution < 1.29 is 0 Å². The van der Waals surface area contributed by atoms with Gasteiger partial charge in [0.05, 0.1) is 16.7 Å². The summed E-state index contributed by atoms with van der Waals surface area (Å²) in [4.78, 5) is 2.41. The summed E-state index contributed by atoms with van der Waals surface area (Å²) in [5.74, 6) is 0. The number of hydrogen-bond donors (Lipinski definition) is 0. The Morgan fingerprint density at radius 3 is 1.67 bits per heavy atom. The third kappa shape index (κ3) is 5.64. The second-order valence-corrected chi connectivity index (χ2v) is 16.1. The van der Waals surface area contributed by atoms with Crippen LogP contribution in [0.3, 0.4) is 0 Å². The largest absolute Gasteiger partial charge is 0.310 e. The van der Waals surface area contributed by atoms with E-state index in [4.69, 9.17) is 0 Å². The van der Waals surface area contributed by atoms with Gasteiger partial charge in [-0.2, -0.15) is 0 Å². The molecule has 0 amide bonds. The highest BCUT2D eigenvalue weighted by Crippen LogP contribution is 2.48. The summed E-state index contributed by atoms with van der Waals surface area (Å²) in [6.45, 7) is 2.21. The molecule has 0 spiro atoms. The van der Waals surface area contributed by atoms with Crippen LogP contribution in [-0.2, 0) is 0 Å². The highest BCUT2D eigenvalue weighted by Gasteiger charge is 2.21. The lowest BCUT2D eigenvalue weighted by Crippen LogP contribution is -2.10. The van der Waals surface area contributed by atoms with Crippen molar-refractivity contribution >= 4 is 82.0 Å². The molecule has 11 aromatic carbocycles. The normalized spacial score (nSPS) is 11.7. The first-order valence-corrected chi connectivity index (χ1v) is 21.1. The molecule has 0 bridgehead atoms. The van der Waals surface area contributed by atoms with Crippen molar-refractivity contribution in [2.45, 2.75) is 6.92 Å². The minimum atomic E-state index is 1.10. The number of benzene rings is 11. The van der Waals surface area contributed by atoms with E-state index in [9.17, 15) is 0 Å². The monoisotopic (exact) mass is 776 g/mol. The van der Waals surface area contributed by atoms with Crippen molar-refractivity contribution in [3.8, 4) is 27.9 Å². The van der Waals surface area contributed by atoms with Crippen molar-refractivity contribution in [2.75, 3.05) is 4.90 Å². The van der Waals surface area contributed by atoms with E-state index in [1.165, 1.54) is 92.7 Å². The molecular weight excluding hydrogens is 737 g/mol. The second-order valence-electron chi connectivity index (χ2n) is 16.1. The van der Waals surface area contributed by atoms with Crippen LogP contribution in [0.1, 0.15) is 5.56 Å². The van der Waals surface area contributed by atoms with Gasteiger partial charge < -0.3 is 9.47 Å². The summed E-state index contributed by atoms with van der Waals surface area (Å²) >= 11 is 0. The molecule has 0 unspecified atom stereocenters. The van der Waals surface area contributed by atoms with Crippen LogP contribution in [-0.4, -0.2) is 4.57 Å². The minimum Gasteiger partial charge on any atom is -0.310 e. The van der Waals surface area contributed by atoms with Crippen LogP contribution < -0.4 is 4.90 Å². The summed E-state index contributed by atoms with van der Waals surface area (Å²) in [6, 6.07) is 82.4. The Balaban J connectivity index is 1.06. The molecule has 0 fully saturated rings. The summed E-state index contributed by atoms with van der Waals surface area (Å²) in [5.41, 5.74) is 13.1. The highest BCUT2D eigenvalue weighted by molar-refractivity contribution is 6.24. The second kappa shape index (κ2) is 14.1. The SMILES string of the molecule is Cc1ccc2c(-c3ccc4ccccc4c3)c3ccccc3c(-c3cccc4c(N(c5ccccc5)c5ccc(-n6c7ccccc7c7ccccc76)cc5)cccc34)c2c1. The first-order chi connectivity index (χ1) is 30.2. The molecule has 0 aliphatic heterocycles. The Labute approximate surface area is 354 Å². The topological polar surface area (TPSA) is 8.17 Å². The van der Waals surface area contributed by atoms with Crippen LogP contribution >= 0.6 is 0 Å². The average Bonchev–Trinajstić information content (AvgIpc) is 3.66. The summed E-state index contributed by atoms with van der Waals surface area (Å²) < 4.78 is 2.38. The third-order valence-corrected chi connectivity index (χ3v) is 12.6. The Bertz CT molecular complexity index is 3600. The first kappa shape index (κ1) is 35.0. The predicted octanol–water partition coefficient (Wildman–Crippen LogP) is 16.5. The quantitative estimate of drug-likeness (QED) is 0.153. The Morgan fingerprint density at radius 2 is 0.918 bits per heavy atom.